The molecule has 1 aromatic rings. The van der Waals surface area contributed by atoms with Gasteiger partial charge < -0.3 is 21.3 Å². The number of aromatic nitrogens is 1. The second kappa shape index (κ2) is 9.51. The van der Waals surface area contributed by atoms with Crippen LogP contribution >= 0.6 is 0 Å². The van der Waals surface area contributed by atoms with Crippen LogP contribution in [0.4, 0.5) is 5.82 Å². The first-order chi connectivity index (χ1) is 13.1. The molecule has 0 bridgehead atoms. The van der Waals surface area contributed by atoms with E-state index >= 15 is 0 Å². The summed E-state index contributed by atoms with van der Waals surface area (Å²) in [7, 11) is 0. The van der Waals surface area contributed by atoms with E-state index in [2.05, 4.69) is 27.4 Å². The number of rotatable bonds is 6. The number of pyridine rings is 1. The third-order valence-corrected chi connectivity index (χ3v) is 5.81. The van der Waals surface area contributed by atoms with Crippen LogP contribution in [0.3, 0.4) is 0 Å². The van der Waals surface area contributed by atoms with E-state index in [1.807, 2.05) is 12.3 Å². The molecule has 0 radical (unpaired) electrons. The van der Waals surface area contributed by atoms with Crippen molar-refractivity contribution in [1.29, 1.82) is 0 Å². The van der Waals surface area contributed by atoms with Gasteiger partial charge >= 0.3 is 0 Å². The first-order valence-corrected chi connectivity index (χ1v) is 10.6. The van der Waals surface area contributed by atoms with Crippen LogP contribution < -0.4 is 21.3 Å². The Morgan fingerprint density at radius 2 is 1.89 bits per heavy atom. The van der Waals surface area contributed by atoms with Gasteiger partial charge in [-0.25, -0.2) is 4.98 Å². The highest BCUT2D eigenvalue weighted by Gasteiger charge is 2.26. The topological polar surface area (TPSA) is 83.3 Å². The quantitative estimate of drug-likeness (QED) is 0.668. The summed E-state index contributed by atoms with van der Waals surface area (Å²) in [5.41, 5.74) is 7.48. The van der Waals surface area contributed by atoms with Gasteiger partial charge in [0.05, 0.1) is 11.7 Å². The SMILES string of the molecule is CCc1cnc(N2CCC(NC3CCCCC3)CC2)c(C(=O)NC(C)N)c1. The molecule has 150 valence electrons. The molecule has 1 amide bonds. The zero-order valence-electron chi connectivity index (χ0n) is 16.8. The lowest BCUT2D eigenvalue weighted by atomic mass is 9.93. The van der Waals surface area contributed by atoms with Crippen LogP contribution in [0.25, 0.3) is 0 Å². The highest BCUT2D eigenvalue weighted by atomic mass is 16.1. The lowest BCUT2D eigenvalue weighted by Gasteiger charge is -2.36. The van der Waals surface area contributed by atoms with Gasteiger partial charge in [-0.15, -0.1) is 0 Å². The molecule has 0 spiro atoms. The first-order valence-electron chi connectivity index (χ1n) is 10.6. The van der Waals surface area contributed by atoms with Crippen molar-refractivity contribution < 1.29 is 4.79 Å². The summed E-state index contributed by atoms with van der Waals surface area (Å²) in [6, 6.07) is 3.25. The van der Waals surface area contributed by atoms with Crippen molar-refractivity contribution >= 4 is 11.7 Å². The zero-order valence-corrected chi connectivity index (χ0v) is 16.8. The minimum atomic E-state index is -0.374. The molecule has 6 nitrogen and oxygen atoms in total. The molecule has 2 fully saturated rings. The maximum Gasteiger partial charge on any atom is 0.256 e. The Kier molecular flexibility index (Phi) is 7.07. The van der Waals surface area contributed by atoms with Gasteiger partial charge in [0.2, 0.25) is 0 Å². The molecule has 1 saturated heterocycles. The second-order valence-electron chi connectivity index (χ2n) is 8.09. The average Bonchev–Trinajstić information content (AvgIpc) is 2.68. The Hall–Kier alpha value is -1.66. The maximum absolute atomic E-state index is 12.6. The molecule has 1 aliphatic carbocycles. The maximum atomic E-state index is 12.6. The molecule has 6 heteroatoms. The summed E-state index contributed by atoms with van der Waals surface area (Å²) in [4.78, 5) is 19.5. The molecule has 3 rings (SSSR count). The third kappa shape index (κ3) is 5.42. The van der Waals surface area contributed by atoms with Gasteiger partial charge in [-0.1, -0.05) is 26.2 Å². The number of carbonyl (C=O) groups is 1. The average molecular weight is 374 g/mol. The Balaban J connectivity index is 1.65. The fourth-order valence-corrected chi connectivity index (χ4v) is 4.26. The Labute approximate surface area is 163 Å². The molecule has 4 N–H and O–H groups in total. The predicted molar refractivity (Wildman–Crippen MR) is 110 cm³/mol. The van der Waals surface area contributed by atoms with Crippen molar-refractivity contribution in [3.8, 4) is 0 Å². The van der Waals surface area contributed by atoms with E-state index in [0.29, 0.717) is 17.6 Å². The summed E-state index contributed by atoms with van der Waals surface area (Å²) in [5, 5.41) is 6.68. The van der Waals surface area contributed by atoms with E-state index in [-0.39, 0.29) is 12.1 Å². The van der Waals surface area contributed by atoms with Crippen LogP contribution in [0.2, 0.25) is 0 Å². The minimum absolute atomic E-state index is 0.134. The third-order valence-electron chi connectivity index (χ3n) is 5.81. The number of nitrogens with two attached hydrogens (primary N) is 1. The fraction of sp³-hybridized carbons (Fsp3) is 0.714. The zero-order chi connectivity index (χ0) is 19.2. The summed E-state index contributed by atoms with van der Waals surface area (Å²) >= 11 is 0. The number of hydrogen-bond acceptors (Lipinski definition) is 5. The number of hydrogen-bond donors (Lipinski definition) is 3. The van der Waals surface area contributed by atoms with Gasteiger partial charge in [0.15, 0.2) is 0 Å². The number of anilines is 1. The molecule has 1 aliphatic heterocycles. The molecule has 1 aromatic heterocycles. The van der Waals surface area contributed by atoms with E-state index in [1.165, 1.54) is 32.1 Å². The van der Waals surface area contributed by atoms with Crippen molar-refractivity contribution in [2.45, 2.75) is 83.5 Å². The molecule has 1 atom stereocenters. The number of carbonyl (C=O) groups excluding carboxylic acids is 1. The van der Waals surface area contributed by atoms with Crippen LogP contribution in [-0.4, -0.2) is 42.2 Å². The van der Waals surface area contributed by atoms with Crippen LogP contribution in [0.1, 0.15) is 74.7 Å². The van der Waals surface area contributed by atoms with Crippen LogP contribution in [0.5, 0.6) is 0 Å². The van der Waals surface area contributed by atoms with E-state index in [0.717, 1.165) is 43.7 Å². The predicted octanol–water partition coefficient (Wildman–Crippen LogP) is 2.57. The monoisotopic (exact) mass is 373 g/mol. The van der Waals surface area contributed by atoms with E-state index in [4.69, 9.17) is 5.73 Å². The Morgan fingerprint density at radius 1 is 1.22 bits per heavy atom. The standard InChI is InChI=1S/C21H35N5O/c1-3-16-13-19(21(27)24-15(2)22)20(23-14-16)26-11-9-18(10-12-26)25-17-7-5-4-6-8-17/h13-15,17-18,25H,3-12,22H2,1-2H3,(H,24,27). The van der Waals surface area contributed by atoms with Gasteiger partial charge in [-0.05, 0) is 50.7 Å². The van der Waals surface area contributed by atoms with Gasteiger partial charge in [-0.3, -0.25) is 4.79 Å². The second-order valence-corrected chi connectivity index (χ2v) is 8.09. The summed E-state index contributed by atoms with van der Waals surface area (Å²) in [6.45, 7) is 5.71. The minimum Gasteiger partial charge on any atom is -0.356 e. The van der Waals surface area contributed by atoms with Crippen molar-refractivity contribution in [1.82, 2.24) is 15.6 Å². The highest BCUT2D eigenvalue weighted by Crippen LogP contribution is 2.25. The van der Waals surface area contributed by atoms with Gasteiger partial charge in [0.25, 0.3) is 5.91 Å². The number of piperidine rings is 1. The summed E-state index contributed by atoms with van der Waals surface area (Å²) in [5.74, 6) is 0.659. The molecule has 1 unspecified atom stereocenters. The summed E-state index contributed by atoms with van der Waals surface area (Å²) in [6.07, 6.45) is 11.3. The van der Waals surface area contributed by atoms with Crippen molar-refractivity contribution in [2.24, 2.45) is 5.73 Å². The van der Waals surface area contributed by atoms with E-state index < -0.39 is 0 Å². The van der Waals surface area contributed by atoms with Gasteiger partial charge in [-0.2, -0.15) is 0 Å². The molecular formula is C21H35N5O. The largest absolute Gasteiger partial charge is 0.356 e. The number of nitrogens with zero attached hydrogens (tertiary/aromatic N) is 2. The van der Waals surface area contributed by atoms with Crippen molar-refractivity contribution in [3.63, 3.8) is 0 Å². The van der Waals surface area contributed by atoms with Crippen molar-refractivity contribution in [3.05, 3.63) is 23.4 Å². The molecule has 0 aromatic carbocycles. The molecule has 2 heterocycles. The van der Waals surface area contributed by atoms with Crippen LogP contribution in [0.15, 0.2) is 12.3 Å². The lowest BCUT2D eigenvalue weighted by molar-refractivity contribution is 0.0941. The Bertz CT molecular complexity index is 619. The normalized spacial score (nSPS) is 20.5. The molecule has 27 heavy (non-hydrogen) atoms. The lowest BCUT2D eigenvalue weighted by Crippen LogP contribution is -2.47. The molecule has 2 aliphatic rings. The number of amides is 1. The summed E-state index contributed by atoms with van der Waals surface area (Å²) < 4.78 is 0. The number of aryl methyl sites for hydroxylation is 1. The van der Waals surface area contributed by atoms with Crippen molar-refractivity contribution in [2.75, 3.05) is 18.0 Å². The molecular weight excluding hydrogens is 338 g/mol. The highest BCUT2D eigenvalue weighted by molar-refractivity contribution is 5.99. The molecule has 1 saturated carbocycles. The number of nitrogens with one attached hydrogen (secondary N) is 2. The van der Waals surface area contributed by atoms with Gasteiger partial charge in [0.1, 0.15) is 5.82 Å². The Morgan fingerprint density at radius 3 is 2.52 bits per heavy atom. The van der Waals surface area contributed by atoms with Gasteiger partial charge in [0, 0.05) is 31.4 Å². The van der Waals surface area contributed by atoms with Crippen LogP contribution in [-0.2, 0) is 6.42 Å². The fourth-order valence-electron chi connectivity index (χ4n) is 4.26. The first kappa shape index (κ1) is 20.1. The van der Waals surface area contributed by atoms with E-state index in [9.17, 15) is 4.79 Å². The smallest absolute Gasteiger partial charge is 0.256 e. The van der Waals surface area contributed by atoms with E-state index in [1.54, 1.807) is 6.92 Å². The van der Waals surface area contributed by atoms with Crippen LogP contribution in [0, 0.1) is 0 Å².